The van der Waals surface area contributed by atoms with E-state index in [2.05, 4.69) is 59.9 Å². The molecule has 0 saturated heterocycles. The lowest BCUT2D eigenvalue weighted by molar-refractivity contribution is 0.530. The SMILES string of the molecule is c1ccc(SCCNC2CCSc3ccccc32)cc1. The van der Waals surface area contributed by atoms with Crippen molar-refractivity contribution in [1.82, 2.24) is 5.32 Å². The molecule has 0 aromatic heterocycles. The van der Waals surface area contributed by atoms with Gasteiger partial charge in [0, 0.05) is 28.1 Å². The van der Waals surface area contributed by atoms with Crippen LogP contribution in [0.15, 0.2) is 64.4 Å². The molecule has 3 rings (SSSR count). The largest absolute Gasteiger partial charge is 0.309 e. The molecule has 1 heterocycles. The van der Waals surface area contributed by atoms with E-state index in [0.717, 1.165) is 12.3 Å². The number of thioether (sulfide) groups is 2. The summed E-state index contributed by atoms with van der Waals surface area (Å²) in [6.45, 7) is 1.06. The molecular formula is C17H19NS2. The maximum absolute atomic E-state index is 3.71. The predicted molar refractivity (Wildman–Crippen MR) is 89.7 cm³/mol. The van der Waals surface area contributed by atoms with Crippen LogP contribution < -0.4 is 5.32 Å². The van der Waals surface area contributed by atoms with E-state index in [0.29, 0.717) is 6.04 Å². The first-order valence-corrected chi connectivity index (χ1v) is 9.03. The first-order chi connectivity index (χ1) is 9.93. The van der Waals surface area contributed by atoms with Crippen molar-refractivity contribution in [2.75, 3.05) is 18.1 Å². The summed E-state index contributed by atoms with van der Waals surface area (Å²) in [6.07, 6.45) is 1.23. The van der Waals surface area contributed by atoms with Gasteiger partial charge in [-0.25, -0.2) is 0 Å². The number of hydrogen-bond donors (Lipinski definition) is 1. The fourth-order valence-corrected chi connectivity index (χ4v) is 4.40. The minimum absolute atomic E-state index is 0.531. The van der Waals surface area contributed by atoms with E-state index in [-0.39, 0.29) is 0 Å². The Hall–Kier alpha value is -0.900. The van der Waals surface area contributed by atoms with Crippen molar-refractivity contribution in [3.8, 4) is 0 Å². The molecule has 20 heavy (non-hydrogen) atoms. The molecule has 0 aliphatic carbocycles. The molecule has 1 nitrogen and oxygen atoms in total. The maximum Gasteiger partial charge on any atom is 0.0339 e. The summed E-state index contributed by atoms with van der Waals surface area (Å²) in [5, 5.41) is 3.71. The minimum Gasteiger partial charge on any atom is -0.309 e. The van der Waals surface area contributed by atoms with Gasteiger partial charge in [-0.15, -0.1) is 23.5 Å². The van der Waals surface area contributed by atoms with E-state index >= 15 is 0 Å². The Morgan fingerprint density at radius 3 is 2.75 bits per heavy atom. The monoisotopic (exact) mass is 301 g/mol. The van der Waals surface area contributed by atoms with Crippen molar-refractivity contribution >= 4 is 23.5 Å². The standard InChI is InChI=1S/C17H19NS2/c1-2-6-14(7-3-1)19-13-11-18-16-10-12-20-17-9-5-4-8-15(16)17/h1-9,16,18H,10-13H2. The van der Waals surface area contributed by atoms with Gasteiger partial charge in [0.15, 0.2) is 0 Å². The molecule has 1 atom stereocenters. The normalized spacial score (nSPS) is 17.7. The fraction of sp³-hybridized carbons (Fsp3) is 0.294. The zero-order valence-corrected chi connectivity index (χ0v) is 13.1. The lowest BCUT2D eigenvalue weighted by Crippen LogP contribution is -2.26. The second-order valence-corrected chi connectivity index (χ2v) is 7.15. The molecule has 2 aromatic carbocycles. The highest BCUT2D eigenvalue weighted by molar-refractivity contribution is 7.99. The summed E-state index contributed by atoms with van der Waals surface area (Å²) in [7, 11) is 0. The molecule has 1 aliphatic heterocycles. The quantitative estimate of drug-likeness (QED) is 0.640. The van der Waals surface area contributed by atoms with Gasteiger partial charge >= 0.3 is 0 Å². The number of nitrogens with one attached hydrogen (secondary N) is 1. The zero-order chi connectivity index (χ0) is 13.6. The molecular weight excluding hydrogens is 282 g/mol. The third-order valence-corrected chi connectivity index (χ3v) is 5.60. The Balaban J connectivity index is 1.50. The van der Waals surface area contributed by atoms with Crippen LogP contribution in [0.1, 0.15) is 18.0 Å². The van der Waals surface area contributed by atoms with Crippen LogP contribution in [-0.2, 0) is 0 Å². The average Bonchev–Trinajstić information content (AvgIpc) is 2.53. The van der Waals surface area contributed by atoms with Crippen molar-refractivity contribution in [3.63, 3.8) is 0 Å². The van der Waals surface area contributed by atoms with Gasteiger partial charge in [-0.1, -0.05) is 36.4 Å². The van der Waals surface area contributed by atoms with Crippen LogP contribution in [0.2, 0.25) is 0 Å². The Morgan fingerprint density at radius 2 is 1.85 bits per heavy atom. The highest BCUT2D eigenvalue weighted by Gasteiger charge is 2.19. The van der Waals surface area contributed by atoms with Gasteiger partial charge in [0.2, 0.25) is 0 Å². The summed E-state index contributed by atoms with van der Waals surface area (Å²) in [5.41, 5.74) is 1.48. The second kappa shape index (κ2) is 7.21. The molecule has 0 radical (unpaired) electrons. The lowest BCUT2D eigenvalue weighted by Gasteiger charge is -2.25. The Kier molecular flexibility index (Phi) is 5.06. The summed E-state index contributed by atoms with van der Waals surface area (Å²) in [5.74, 6) is 2.34. The van der Waals surface area contributed by atoms with E-state index in [1.165, 1.54) is 27.5 Å². The van der Waals surface area contributed by atoms with Crippen LogP contribution in [0.3, 0.4) is 0 Å². The zero-order valence-electron chi connectivity index (χ0n) is 11.4. The molecule has 0 bridgehead atoms. The van der Waals surface area contributed by atoms with Crippen LogP contribution in [0.5, 0.6) is 0 Å². The minimum atomic E-state index is 0.531. The lowest BCUT2D eigenvalue weighted by atomic mass is 10.0. The van der Waals surface area contributed by atoms with E-state index in [1.54, 1.807) is 0 Å². The molecule has 0 amide bonds. The van der Waals surface area contributed by atoms with E-state index in [1.807, 2.05) is 23.5 Å². The van der Waals surface area contributed by atoms with Crippen molar-refractivity contribution in [1.29, 1.82) is 0 Å². The summed E-state index contributed by atoms with van der Waals surface area (Å²) in [6, 6.07) is 20.0. The molecule has 0 spiro atoms. The summed E-state index contributed by atoms with van der Waals surface area (Å²) < 4.78 is 0. The molecule has 0 saturated carbocycles. The van der Waals surface area contributed by atoms with E-state index < -0.39 is 0 Å². The van der Waals surface area contributed by atoms with Gasteiger partial charge in [-0.3, -0.25) is 0 Å². The van der Waals surface area contributed by atoms with Crippen LogP contribution in [0.25, 0.3) is 0 Å². The molecule has 1 unspecified atom stereocenters. The van der Waals surface area contributed by atoms with E-state index in [9.17, 15) is 0 Å². The Labute approximate surface area is 129 Å². The highest BCUT2D eigenvalue weighted by atomic mass is 32.2. The van der Waals surface area contributed by atoms with Gasteiger partial charge in [0.05, 0.1) is 0 Å². The number of benzene rings is 2. The second-order valence-electron chi connectivity index (χ2n) is 4.84. The topological polar surface area (TPSA) is 12.0 Å². The van der Waals surface area contributed by atoms with Gasteiger partial charge in [-0.05, 0) is 35.9 Å². The number of fused-ring (bicyclic) bond motifs is 1. The predicted octanol–water partition coefficient (Wildman–Crippen LogP) is 4.61. The molecule has 104 valence electrons. The van der Waals surface area contributed by atoms with Gasteiger partial charge in [0.1, 0.15) is 0 Å². The van der Waals surface area contributed by atoms with Gasteiger partial charge in [0.25, 0.3) is 0 Å². The average molecular weight is 301 g/mol. The molecule has 1 aliphatic rings. The van der Waals surface area contributed by atoms with Crippen molar-refractivity contribution in [2.45, 2.75) is 22.3 Å². The van der Waals surface area contributed by atoms with Crippen molar-refractivity contribution in [3.05, 3.63) is 60.2 Å². The molecule has 2 aromatic rings. The van der Waals surface area contributed by atoms with Crippen LogP contribution in [0, 0.1) is 0 Å². The van der Waals surface area contributed by atoms with Gasteiger partial charge < -0.3 is 5.32 Å². The van der Waals surface area contributed by atoms with E-state index in [4.69, 9.17) is 0 Å². The Bertz CT molecular complexity index is 542. The van der Waals surface area contributed by atoms with Crippen molar-refractivity contribution in [2.24, 2.45) is 0 Å². The van der Waals surface area contributed by atoms with Gasteiger partial charge in [-0.2, -0.15) is 0 Å². The first kappa shape index (κ1) is 14.1. The fourth-order valence-electron chi connectivity index (χ4n) is 2.47. The number of rotatable bonds is 5. The number of hydrogen-bond acceptors (Lipinski definition) is 3. The molecule has 0 fully saturated rings. The summed E-state index contributed by atoms with van der Waals surface area (Å²) in [4.78, 5) is 2.81. The maximum atomic E-state index is 3.71. The van der Waals surface area contributed by atoms with Crippen molar-refractivity contribution < 1.29 is 0 Å². The van der Waals surface area contributed by atoms with Crippen LogP contribution in [-0.4, -0.2) is 18.1 Å². The first-order valence-electron chi connectivity index (χ1n) is 7.06. The molecule has 3 heteroatoms. The summed E-state index contributed by atoms with van der Waals surface area (Å²) >= 11 is 3.91. The smallest absolute Gasteiger partial charge is 0.0339 e. The highest BCUT2D eigenvalue weighted by Crippen LogP contribution is 2.35. The Morgan fingerprint density at radius 1 is 1.05 bits per heavy atom. The van der Waals surface area contributed by atoms with Crippen LogP contribution >= 0.6 is 23.5 Å². The molecule has 1 N–H and O–H groups in total. The third-order valence-electron chi connectivity index (χ3n) is 3.46. The third kappa shape index (κ3) is 3.60. The van der Waals surface area contributed by atoms with Crippen LogP contribution in [0.4, 0.5) is 0 Å².